The zero-order chi connectivity index (χ0) is 58.3. The maximum absolute atomic E-state index is 12.9. The molecule has 78 heavy (non-hydrogen) atoms. The predicted molar refractivity (Wildman–Crippen MR) is 272 cm³/mol. The summed E-state index contributed by atoms with van der Waals surface area (Å²) in [5.74, 6) is -3.83. The monoisotopic (exact) mass is 1140 g/mol. The normalized spacial score (nSPS) is 23.7. The van der Waals surface area contributed by atoms with Gasteiger partial charge in [0.2, 0.25) is 0 Å². The molecule has 0 aromatic rings. The van der Waals surface area contributed by atoms with Crippen LogP contribution in [0.5, 0.6) is 0 Å². The van der Waals surface area contributed by atoms with Gasteiger partial charge in [-0.1, -0.05) is 0 Å². The standard InChI is InChI=1S/C49H83N6O22P/c1-29(2)55(30(3)4)78(70-24-17-19-50)77-37(27-69-49(63)54-21-14-12-16-23-66-47-41(52)45(74-36(10)61)43(72-34(8)59)39(76-47)28-67-32(6)57)26-68-48(62)53-20-13-11-15-22-65-46-40(51)44(73-35(9)60)42(71-33(7)58)38(75-46)18-25-64-31(5)56/h29-30,37-47H,11-18,20-28,51-52H2,1-10H3,(H,53,62)(H,54,63)/t37?,38-,39-,40-,41-,42+,43+,44-,45-,46-,47-,78?/m1/s1. The summed E-state index contributed by atoms with van der Waals surface area (Å²) in [5.41, 5.74) is 12.7. The second-order valence-corrected chi connectivity index (χ2v) is 20.1. The maximum Gasteiger partial charge on any atom is 0.407 e. The number of alkyl carbamates (subject to hydrolysis) is 2. The second-order valence-electron chi connectivity index (χ2n) is 18.7. The highest BCUT2D eigenvalue weighted by molar-refractivity contribution is 7.44. The molecule has 2 amide bonds. The lowest BCUT2D eigenvalue weighted by atomic mass is 9.95. The van der Waals surface area contributed by atoms with E-state index >= 15 is 0 Å². The van der Waals surface area contributed by atoms with Gasteiger partial charge in [-0.15, -0.1) is 0 Å². The molecular weight excluding hydrogens is 1060 g/mol. The third kappa shape index (κ3) is 27.2. The van der Waals surface area contributed by atoms with E-state index < -0.39 is 124 Å². The third-order valence-corrected chi connectivity index (χ3v) is 13.4. The molecule has 12 atom stereocenters. The largest absolute Gasteiger partial charge is 0.466 e. The zero-order valence-electron chi connectivity index (χ0n) is 46.5. The molecule has 29 heteroatoms. The van der Waals surface area contributed by atoms with E-state index in [-0.39, 0.29) is 84.3 Å². The van der Waals surface area contributed by atoms with Crippen molar-refractivity contribution < 1.29 is 104 Å². The number of amides is 2. The van der Waals surface area contributed by atoms with Gasteiger partial charge >= 0.3 is 48.0 Å². The number of nitrogens with zero attached hydrogens (tertiary/aromatic N) is 2. The van der Waals surface area contributed by atoms with Crippen molar-refractivity contribution in [3.8, 4) is 6.07 Å². The number of carbonyl (C=O) groups is 8. The molecule has 0 saturated carbocycles. The van der Waals surface area contributed by atoms with Crippen molar-refractivity contribution in [3.05, 3.63) is 0 Å². The van der Waals surface area contributed by atoms with Gasteiger partial charge in [-0.2, -0.15) is 5.26 Å². The topological polar surface area (TPSA) is 369 Å². The SMILES string of the molecule is CC(=O)OCC[C@H]1O[C@@H](OCCCCCNC(=O)OCC(COC(=O)NCCCCCO[C@@H]2O[C@H](COC(C)=O)[C@H](OC(C)=O)[C@H](OC(C)=O)[C@H]2N)OP(OCCC#N)N(C(C)C)C(C)C)[C@H](N)[C@@H](OC(C)=O)[C@H]1OC(C)=O. The van der Waals surface area contributed by atoms with E-state index in [9.17, 15) is 43.6 Å². The summed E-state index contributed by atoms with van der Waals surface area (Å²) >= 11 is 0. The molecule has 6 N–H and O–H groups in total. The molecule has 0 aromatic carbocycles. The van der Waals surface area contributed by atoms with Crippen molar-refractivity contribution >= 4 is 56.5 Å². The quantitative estimate of drug-likeness (QED) is 0.0307. The Balaban J connectivity index is 1.94. The Kier molecular flexibility index (Phi) is 33.4. The Labute approximate surface area is 457 Å². The molecule has 2 saturated heterocycles. The number of nitriles is 1. The number of carbonyl (C=O) groups excluding carboxylic acids is 8. The molecular formula is C49H83N6O22P. The van der Waals surface area contributed by atoms with Gasteiger partial charge in [-0.25, -0.2) is 14.3 Å². The van der Waals surface area contributed by atoms with Crippen LogP contribution >= 0.6 is 8.53 Å². The molecule has 446 valence electrons. The fraction of sp³-hybridized carbons (Fsp3) is 0.816. The zero-order valence-corrected chi connectivity index (χ0v) is 47.4. The molecule has 2 unspecified atom stereocenters. The average molecular weight is 1140 g/mol. The van der Waals surface area contributed by atoms with Crippen molar-refractivity contribution in [1.82, 2.24) is 15.3 Å². The molecule has 2 fully saturated rings. The highest BCUT2D eigenvalue weighted by atomic mass is 31.2. The van der Waals surface area contributed by atoms with E-state index in [1.165, 1.54) is 34.6 Å². The van der Waals surface area contributed by atoms with E-state index in [2.05, 4.69) is 10.6 Å². The predicted octanol–water partition coefficient (Wildman–Crippen LogP) is 2.82. The van der Waals surface area contributed by atoms with E-state index in [1.54, 1.807) is 0 Å². The number of hydrogen-bond donors (Lipinski definition) is 4. The molecule has 2 heterocycles. The van der Waals surface area contributed by atoms with Crippen LogP contribution in [0.2, 0.25) is 0 Å². The van der Waals surface area contributed by atoms with Gasteiger partial charge in [0.25, 0.3) is 8.53 Å². The Hall–Kier alpha value is -5.08. The number of nitrogens with two attached hydrogens (primary N) is 2. The number of rotatable bonds is 35. The van der Waals surface area contributed by atoms with Crippen LogP contribution in [0.4, 0.5) is 9.59 Å². The summed E-state index contributed by atoms with van der Waals surface area (Å²) in [7, 11) is -1.83. The van der Waals surface area contributed by atoms with Gasteiger partial charge in [0.05, 0.1) is 37.8 Å². The number of hydrogen-bond acceptors (Lipinski definition) is 26. The van der Waals surface area contributed by atoms with Crippen molar-refractivity contribution in [2.75, 3.05) is 59.3 Å². The van der Waals surface area contributed by atoms with Crippen LogP contribution < -0.4 is 22.1 Å². The summed E-state index contributed by atoms with van der Waals surface area (Å²) in [6.45, 7) is 14.7. The fourth-order valence-corrected chi connectivity index (χ4v) is 9.62. The molecule has 0 bridgehead atoms. The summed E-state index contributed by atoms with van der Waals surface area (Å²) in [6.07, 6.45) is -7.80. The van der Waals surface area contributed by atoms with Crippen molar-refractivity contribution in [3.63, 3.8) is 0 Å². The molecule has 2 rings (SSSR count). The van der Waals surface area contributed by atoms with Crippen LogP contribution in [0, 0.1) is 11.3 Å². The van der Waals surface area contributed by atoms with Gasteiger partial charge in [0, 0.05) is 86.4 Å². The van der Waals surface area contributed by atoms with Crippen molar-refractivity contribution in [1.29, 1.82) is 5.26 Å². The Morgan fingerprint density at radius 1 is 0.564 bits per heavy atom. The minimum Gasteiger partial charge on any atom is -0.466 e. The van der Waals surface area contributed by atoms with Gasteiger partial charge in [0.1, 0.15) is 38.1 Å². The number of unbranched alkanes of at least 4 members (excludes halogenated alkanes) is 4. The van der Waals surface area contributed by atoms with Crippen LogP contribution in [-0.4, -0.2) is 191 Å². The summed E-state index contributed by atoms with van der Waals surface area (Å²) < 4.78 is 80.9. The van der Waals surface area contributed by atoms with Crippen molar-refractivity contribution in [2.45, 2.75) is 200 Å². The summed E-state index contributed by atoms with van der Waals surface area (Å²) in [4.78, 5) is 96.5. The molecule has 0 spiro atoms. The first-order valence-electron chi connectivity index (χ1n) is 26.0. The number of nitrogens with one attached hydrogen (secondary N) is 2. The minimum absolute atomic E-state index is 0.0588. The highest BCUT2D eigenvalue weighted by Crippen LogP contribution is 2.47. The summed E-state index contributed by atoms with van der Waals surface area (Å²) in [5, 5.41) is 14.6. The van der Waals surface area contributed by atoms with Crippen LogP contribution in [0.3, 0.4) is 0 Å². The Bertz CT molecular complexity index is 1910. The van der Waals surface area contributed by atoms with Crippen LogP contribution in [0.1, 0.15) is 121 Å². The molecule has 0 aliphatic carbocycles. The first-order valence-corrected chi connectivity index (χ1v) is 27.2. The Morgan fingerprint density at radius 2 is 1.00 bits per heavy atom. The lowest BCUT2D eigenvalue weighted by molar-refractivity contribution is -0.274. The number of ether oxygens (including phenoxy) is 12. The van der Waals surface area contributed by atoms with Crippen LogP contribution in [0.15, 0.2) is 0 Å². The van der Waals surface area contributed by atoms with Gasteiger partial charge in [-0.3, -0.25) is 28.8 Å². The van der Waals surface area contributed by atoms with Gasteiger partial charge in [-0.05, 0) is 66.2 Å². The molecule has 2 aliphatic rings. The maximum atomic E-state index is 12.9. The van der Waals surface area contributed by atoms with E-state index in [4.69, 9.17) is 77.4 Å². The molecule has 2 aliphatic heterocycles. The molecule has 0 radical (unpaired) electrons. The first-order chi connectivity index (χ1) is 36.9. The molecule has 28 nitrogen and oxygen atoms in total. The van der Waals surface area contributed by atoms with Gasteiger partial charge < -0.3 is 88.0 Å². The van der Waals surface area contributed by atoms with Crippen LogP contribution in [-0.2, 0) is 94.7 Å². The van der Waals surface area contributed by atoms with E-state index in [0.717, 1.165) is 6.92 Å². The second kappa shape index (κ2) is 37.7. The fourth-order valence-electron chi connectivity index (χ4n) is 7.94. The van der Waals surface area contributed by atoms with Crippen molar-refractivity contribution in [2.24, 2.45) is 11.5 Å². The first kappa shape index (κ1) is 69.0. The minimum atomic E-state index is -1.83. The Morgan fingerprint density at radius 3 is 1.42 bits per heavy atom. The lowest BCUT2D eigenvalue weighted by Crippen LogP contribution is -2.64. The number of esters is 6. The average Bonchev–Trinajstić information content (AvgIpc) is 3.34. The van der Waals surface area contributed by atoms with E-state index in [1.807, 2.05) is 38.4 Å². The smallest absolute Gasteiger partial charge is 0.407 e. The highest BCUT2D eigenvalue weighted by Gasteiger charge is 2.50. The summed E-state index contributed by atoms with van der Waals surface area (Å²) in [6, 6.07) is -0.169. The van der Waals surface area contributed by atoms with E-state index in [0.29, 0.717) is 38.5 Å². The molecule has 0 aromatic heterocycles. The third-order valence-electron chi connectivity index (χ3n) is 11.2. The van der Waals surface area contributed by atoms with Crippen LogP contribution in [0.25, 0.3) is 0 Å². The van der Waals surface area contributed by atoms with Gasteiger partial charge in [0.15, 0.2) is 37.0 Å². The lowest BCUT2D eigenvalue weighted by Gasteiger charge is -2.43.